The maximum absolute atomic E-state index is 13.2. The van der Waals surface area contributed by atoms with E-state index in [1.165, 1.54) is 16.4 Å². The van der Waals surface area contributed by atoms with Crippen molar-refractivity contribution in [2.75, 3.05) is 33.9 Å². The minimum absolute atomic E-state index is 0.0644. The smallest absolute Gasteiger partial charge is 0.243 e. The van der Waals surface area contributed by atoms with Crippen LogP contribution in [0.1, 0.15) is 25.3 Å². The number of benzene rings is 2. The topological polar surface area (TPSA) is 76.2 Å². The maximum atomic E-state index is 13.2. The first-order valence-corrected chi connectivity index (χ1v) is 12.4. The number of rotatable bonds is 8. The molecule has 1 saturated heterocycles. The molecule has 32 heavy (non-hydrogen) atoms. The van der Waals surface area contributed by atoms with Crippen LogP contribution in [0.4, 0.5) is 0 Å². The van der Waals surface area contributed by atoms with Gasteiger partial charge in [-0.05, 0) is 55.7 Å². The number of halogens is 1. The summed E-state index contributed by atoms with van der Waals surface area (Å²) in [5.74, 6) is 0.746. The van der Waals surface area contributed by atoms with Gasteiger partial charge in [-0.25, -0.2) is 8.42 Å². The zero-order valence-electron chi connectivity index (χ0n) is 18.6. The van der Waals surface area contributed by atoms with Crippen molar-refractivity contribution < 1.29 is 22.7 Å². The summed E-state index contributed by atoms with van der Waals surface area (Å²) in [5.41, 5.74) is 0.978. The number of nitrogens with zero attached hydrogens (tertiary/aromatic N) is 2. The summed E-state index contributed by atoms with van der Waals surface area (Å²) in [6.45, 7) is 3.24. The maximum Gasteiger partial charge on any atom is 0.243 e. The monoisotopic (exact) mass is 480 g/mol. The van der Waals surface area contributed by atoms with Crippen LogP contribution in [0.25, 0.3) is 0 Å². The highest BCUT2D eigenvalue weighted by atomic mass is 35.5. The lowest BCUT2D eigenvalue weighted by Gasteiger charge is -2.33. The molecule has 1 aliphatic rings. The lowest BCUT2D eigenvalue weighted by molar-refractivity contribution is -0.135. The molecule has 174 valence electrons. The molecule has 0 aromatic heterocycles. The van der Waals surface area contributed by atoms with E-state index in [1.54, 1.807) is 25.1 Å². The third-order valence-corrected chi connectivity index (χ3v) is 7.69. The van der Waals surface area contributed by atoms with Crippen LogP contribution in [0.15, 0.2) is 47.4 Å². The first-order valence-electron chi connectivity index (χ1n) is 10.6. The van der Waals surface area contributed by atoms with E-state index in [2.05, 4.69) is 0 Å². The number of carbonyl (C=O) groups excluding carboxylic acids is 1. The SMILES string of the molecule is CCOc1ccc(S(=O)(=O)N2CCC[C@H](C(=O)N(C)Cc3ccc(OC)cc3)C2)cc1Cl. The highest BCUT2D eigenvalue weighted by Crippen LogP contribution is 2.31. The second-order valence-corrected chi connectivity index (χ2v) is 10.1. The van der Waals surface area contributed by atoms with Crippen molar-refractivity contribution in [1.82, 2.24) is 9.21 Å². The van der Waals surface area contributed by atoms with E-state index in [4.69, 9.17) is 21.1 Å². The molecule has 0 spiro atoms. The van der Waals surface area contributed by atoms with Gasteiger partial charge in [0.2, 0.25) is 15.9 Å². The van der Waals surface area contributed by atoms with Gasteiger partial charge in [-0.1, -0.05) is 23.7 Å². The summed E-state index contributed by atoms with van der Waals surface area (Å²) in [6.07, 6.45) is 1.28. The van der Waals surface area contributed by atoms with Gasteiger partial charge < -0.3 is 14.4 Å². The predicted octanol–water partition coefficient (Wildman–Crippen LogP) is 3.81. The standard InChI is InChI=1S/C23H29ClN2O5S/c1-4-31-22-12-11-20(14-21(22)24)32(28,29)26-13-5-6-18(16-26)23(27)25(2)15-17-7-9-19(30-3)10-8-17/h7-12,14,18H,4-6,13,15-16H2,1-3H3/t18-/m0/s1. The first-order chi connectivity index (χ1) is 15.3. The molecule has 0 radical (unpaired) electrons. The highest BCUT2D eigenvalue weighted by Gasteiger charge is 2.34. The van der Waals surface area contributed by atoms with Gasteiger partial charge in [-0.2, -0.15) is 4.31 Å². The molecule has 9 heteroatoms. The fourth-order valence-electron chi connectivity index (χ4n) is 3.82. The highest BCUT2D eigenvalue weighted by molar-refractivity contribution is 7.89. The van der Waals surface area contributed by atoms with E-state index in [1.807, 2.05) is 31.2 Å². The van der Waals surface area contributed by atoms with Gasteiger partial charge in [-0.15, -0.1) is 0 Å². The van der Waals surface area contributed by atoms with Crippen molar-refractivity contribution in [3.8, 4) is 11.5 Å². The summed E-state index contributed by atoms with van der Waals surface area (Å²) in [6, 6.07) is 12.0. The Kier molecular flexibility index (Phi) is 8.03. The number of hydrogen-bond donors (Lipinski definition) is 0. The van der Waals surface area contributed by atoms with Crippen LogP contribution in [-0.4, -0.2) is 57.4 Å². The van der Waals surface area contributed by atoms with Gasteiger partial charge in [0, 0.05) is 26.7 Å². The summed E-state index contributed by atoms with van der Waals surface area (Å²) in [5, 5.41) is 0.247. The molecule has 1 atom stereocenters. The summed E-state index contributed by atoms with van der Waals surface area (Å²) in [4.78, 5) is 14.8. The lowest BCUT2D eigenvalue weighted by atomic mass is 9.98. The van der Waals surface area contributed by atoms with Gasteiger partial charge in [-0.3, -0.25) is 4.79 Å². The Hall–Kier alpha value is -2.29. The largest absolute Gasteiger partial charge is 0.497 e. The lowest BCUT2D eigenvalue weighted by Crippen LogP contribution is -2.45. The molecule has 0 N–H and O–H groups in total. The number of sulfonamides is 1. The molecule has 0 unspecified atom stereocenters. The van der Waals surface area contributed by atoms with Gasteiger partial charge in [0.15, 0.2) is 0 Å². The average Bonchev–Trinajstić information content (AvgIpc) is 2.80. The summed E-state index contributed by atoms with van der Waals surface area (Å²) >= 11 is 6.19. The van der Waals surface area contributed by atoms with Crippen LogP contribution < -0.4 is 9.47 Å². The zero-order valence-corrected chi connectivity index (χ0v) is 20.2. The average molecular weight is 481 g/mol. The number of hydrogen-bond acceptors (Lipinski definition) is 5. The fourth-order valence-corrected chi connectivity index (χ4v) is 5.67. The van der Waals surface area contributed by atoms with Gasteiger partial charge >= 0.3 is 0 Å². The van der Waals surface area contributed by atoms with Crippen LogP contribution in [0, 0.1) is 5.92 Å². The van der Waals surface area contributed by atoms with E-state index in [0.717, 1.165) is 11.3 Å². The molecule has 2 aromatic carbocycles. The van der Waals surface area contributed by atoms with Crippen LogP contribution in [-0.2, 0) is 21.4 Å². The number of methoxy groups -OCH3 is 1. The van der Waals surface area contributed by atoms with Crippen molar-refractivity contribution >= 4 is 27.5 Å². The van der Waals surface area contributed by atoms with Crippen molar-refractivity contribution in [3.63, 3.8) is 0 Å². The molecule has 0 bridgehead atoms. The quantitative estimate of drug-likeness (QED) is 0.574. The van der Waals surface area contributed by atoms with Crippen molar-refractivity contribution in [1.29, 1.82) is 0 Å². The van der Waals surface area contributed by atoms with Gasteiger partial charge in [0.1, 0.15) is 11.5 Å². The minimum Gasteiger partial charge on any atom is -0.497 e. The van der Waals surface area contributed by atoms with E-state index in [-0.39, 0.29) is 28.3 Å². The molecule has 2 aromatic rings. The summed E-state index contributed by atoms with van der Waals surface area (Å²) in [7, 11) is -0.418. The third kappa shape index (κ3) is 5.54. The summed E-state index contributed by atoms with van der Waals surface area (Å²) < 4.78 is 38.3. The van der Waals surface area contributed by atoms with E-state index >= 15 is 0 Å². The number of ether oxygens (including phenoxy) is 2. The molecular formula is C23H29ClN2O5S. The van der Waals surface area contributed by atoms with Crippen molar-refractivity contribution in [2.45, 2.75) is 31.2 Å². The normalized spacial score (nSPS) is 17.1. The fraction of sp³-hybridized carbons (Fsp3) is 0.435. The third-order valence-electron chi connectivity index (χ3n) is 5.53. The van der Waals surface area contributed by atoms with Gasteiger partial charge in [0.25, 0.3) is 0 Å². The molecule has 1 heterocycles. The Bertz CT molecular complexity index is 1040. The number of carbonyl (C=O) groups is 1. The number of amides is 1. The van der Waals surface area contributed by atoms with E-state index in [9.17, 15) is 13.2 Å². The van der Waals surface area contributed by atoms with E-state index < -0.39 is 10.0 Å². The van der Waals surface area contributed by atoms with Crippen LogP contribution in [0.2, 0.25) is 5.02 Å². The molecular weight excluding hydrogens is 452 g/mol. The van der Waals surface area contributed by atoms with Crippen molar-refractivity contribution in [3.05, 3.63) is 53.1 Å². The number of piperidine rings is 1. The van der Waals surface area contributed by atoms with E-state index in [0.29, 0.717) is 38.3 Å². The molecule has 0 saturated carbocycles. The molecule has 7 nitrogen and oxygen atoms in total. The van der Waals surface area contributed by atoms with Crippen LogP contribution in [0.5, 0.6) is 11.5 Å². The minimum atomic E-state index is -3.77. The van der Waals surface area contributed by atoms with Crippen molar-refractivity contribution in [2.24, 2.45) is 5.92 Å². The zero-order chi connectivity index (χ0) is 23.3. The molecule has 0 aliphatic carbocycles. The van der Waals surface area contributed by atoms with Crippen LogP contribution in [0.3, 0.4) is 0 Å². The van der Waals surface area contributed by atoms with Crippen LogP contribution >= 0.6 is 11.6 Å². The second kappa shape index (κ2) is 10.6. The Labute approximate surface area is 194 Å². The Morgan fingerprint density at radius 2 is 1.94 bits per heavy atom. The molecule has 1 fully saturated rings. The molecule has 1 aliphatic heterocycles. The predicted molar refractivity (Wildman–Crippen MR) is 124 cm³/mol. The molecule has 1 amide bonds. The molecule has 3 rings (SSSR count). The first kappa shape index (κ1) is 24.4. The Morgan fingerprint density at radius 3 is 2.56 bits per heavy atom. The van der Waals surface area contributed by atoms with Gasteiger partial charge in [0.05, 0.1) is 29.6 Å². The Morgan fingerprint density at radius 1 is 1.22 bits per heavy atom. The second-order valence-electron chi connectivity index (χ2n) is 7.77. The Balaban J connectivity index is 1.69.